The molecule has 2 aliphatic heterocycles. The van der Waals surface area contributed by atoms with E-state index in [9.17, 15) is 0 Å². The molecule has 12 rings (SSSR count). The van der Waals surface area contributed by atoms with Crippen molar-refractivity contribution in [2.45, 2.75) is 11.5 Å². The number of fused-ring (bicyclic) bond motifs is 9. The van der Waals surface area contributed by atoms with E-state index >= 15 is 0 Å². The molecule has 0 bridgehead atoms. The van der Waals surface area contributed by atoms with Gasteiger partial charge in [0.1, 0.15) is 17.3 Å². The number of hydrogen-bond acceptors (Lipinski definition) is 3. The first kappa shape index (κ1) is 35.9. The van der Waals surface area contributed by atoms with Crippen LogP contribution in [-0.4, -0.2) is 5.84 Å². The Morgan fingerprint density at radius 1 is 0.387 bits per heavy atom. The standard InChI is InChI=1S/C59H40N2O/c1-3-18-39(19-4-1)41-22-15-24-43(36-41)54-38-55(44-25-16-23-42(37-44)40-20-5-2-6-21-40)61-58(60-54)49-29-8-7-26-45(49)48-30-17-34-53-57(48)62-56-35-14-13-33-52(56)59(53)50-31-11-9-27-46(50)47-28-10-12-32-51(47)59/h1-38,54H,(H,60,61). The molecule has 0 amide bonds. The maximum atomic E-state index is 7.14. The van der Waals surface area contributed by atoms with Gasteiger partial charge in [0.05, 0.1) is 17.2 Å². The quantitative estimate of drug-likeness (QED) is 0.182. The summed E-state index contributed by atoms with van der Waals surface area (Å²) in [6.07, 6.45) is 2.27. The van der Waals surface area contributed by atoms with Crippen molar-refractivity contribution in [3.8, 4) is 56.0 Å². The molecule has 1 N–H and O–H groups in total. The van der Waals surface area contributed by atoms with Crippen molar-refractivity contribution in [1.82, 2.24) is 5.32 Å². The number of para-hydroxylation sites is 2. The summed E-state index contributed by atoms with van der Waals surface area (Å²) in [5.41, 5.74) is 17.7. The Bertz CT molecular complexity index is 3210. The van der Waals surface area contributed by atoms with Crippen LogP contribution in [0, 0.1) is 0 Å². The van der Waals surface area contributed by atoms with Crippen LogP contribution in [-0.2, 0) is 5.41 Å². The van der Waals surface area contributed by atoms with Gasteiger partial charge in [-0.3, -0.25) is 0 Å². The van der Waals surface area contributed by atoms with Crippen LogP contribution in [0.4, 0.5) is 0 Å². The second kappa shape index (κ2) is 14.6. The number of nitrogens with zero attached hydrogens (tertiary/aromatic N) is 1. The van der Waals surface area contributed by atoms with Crippen molar-refractivity contribution in [3.05, 3.63) is 269 Å². The number of benzene rings is 9. The van der Waals surface area contributed by atoms with Gasteiger partial charge in [0.25, 0.3) is 0 Å². The first-order valence-corrected chi connectivity index (χ1v) is 21.3. The minimum absolute atomic E-state index is 0.155. The molecule has 0 fully saturated rings. The lowest BCUT2D eigenvalue weighted by molar-refractivity contribution is 0.438. The van der Waals surface area contributed by atoms with Gasteiger partial charge in [-0.05, 0) is 79.9 Å². The second-order valence-electron chi connectivity index (χ2n) is 16.2. The molecule has 0 saturated heterocycles. The Hall–Kier alpha value is -8.01. The first-order valence-electron chi connectivity index (χ1n) is 21.3. The van der Waals surface area contributed by atoms with Crippen LogP contribution in [0.2, 0.25) is 0 Å². The zero-order valence-corrected chi connectivity index (χ0v) is 33.9. The normalized spacial score (nSPS) is 15.2. The third kappa shape index (κ3) is 5.70. The van der Waals surface area contributed by atoms with E-state index in [1.807, 2.05) is 0 Å². The smallest absolute Gasteiger partial charge is 0.140 e. The average Bonchev–Trinajstić information content (AvgIpc) is 3.65. The van der Waals surface area contributed by atoms with Crippen molar-refractivity contribution >= 4 is 11.5 Å². The van der Waals surface area contributed by atoms with E-state index < -0.39 is 5.41 Å². The van der Waals surface area contributed by atoms with E-state index in [0.717, 1.165) is 67.5 Å². The summed E-state index contributed by atoms with van der Waals surface area (Å²) in [6.45, 7) is 0. The molecule has 0 aromatic heterocycles. The van der Waals surface area contributed by atoms with Crippen LogP contribution in [0.5, 0.6) is 11.5 Å². The van der Waals surface area contributed by atoms with Gasteiger partial charge >= 0.3 is 0 Å². The number of hydrogen-bond donors (Lipinski definition) is 1. The molecule has 1 unspecified atom stereocenters. The van der Waals surface area contributed by atoms with E-state index in [2.05, 4.69) is 236 Å². The highest BCUT2D eigenvalue weighted by Crippen LogP contribution is 2.63. The van der Waals surface area contributed by atoms with Gasteiger partial charge < -0.3 is 10.1 Å². The van der Waals surface area contributed by atoms with Gasteiger partial charge in [-0.15, -0.1) is 0 Å². The van der Waals surface area contributed by atoms with Crippen molar-refractivity contribution in [2.75, 3.05) is 0 Å². The SMILES string of the molecule is C1=C(c2cccc(-c3ccccc3)c2)N=C(c2ccccc2-c2cccc3c2Oc2ccccc2C32c3ccccc3-c3ccccc32)NC1c1cccc(-c2ccccc2)c1. The maximum absolute atomic E-state index is 7.14. The fourth-order valence-electron chi connectivity index (χ4n) is 10.1. The summed E-state index contributed by atoms with van der Waals surface area (Å²) in [7, 11) is 0. The lowest BCUT2D eigenvalue weighted by atomic mass is 9.65. The molecule has 0 saturated carbocycles. The summed E-state index contributed by atoms with van der Waals surface area (Å²) in [6, 6.07) is 80.2. The van der Waals surface area contributed by atoms with Crippen LogP contribution in [0.3, 0.4) is 0 Å². The second-order valence-corrected chi connectivity index (χ2v) is 16.2. The first-order chi connectivity index (χ1) is 30.7. The van der Waals surface area contributed by atoms with Crippen LogP contribution < -0.4 is 10.1 Å². The van der Waals surface area contributed by atoms with Crippen LogP contribution in [0.1, 0.15) is 45.0 Å². The average molecular weight is 793 g/mol. The van der Waals surface area contributed by atoms with Crippen LogP contribution in [0.15, 0.2) is 236 Å². The molecule has 292 valence electrons. The molecule has 9 aromatic rings. The van der Waals surface area contributed by atoms with Crippen molar-refractivity contribution in [3.63, 3.8) is 0 Å². The van der Waals surface area contributed by atoms with Gasteiger partial charge in [0.15, 0.2) is 0 Å². The highest BCUT2D eigenvalue weighted by Gasteiger charge is 2.51. The minimum Gasteiger partial charge on any atom is -0.456 e. The van der Waals surface area contributed by atoms with E-state index in [0.29, 0.717) is 0 Å². The molecule has 9 aromatic carbocycles. The monoisotopic (exact) mass is 792 g/mol. The topological polar surface area (TPSA) is 33.6 Å². The molecular formula is C59H40N2O. The maximum Gasteiger partial charge on any atom is 0.140 e. The number of aliphatic imine (C=N–C) groups is 1. The molecule has 0 radical (unpaired) electrons. The lowest BCUT2D eigenvalue weighted by Crippen LogP contribution is -2.32. The number of ether oxygens (including phenoxy) is 1. The van der Waals surface area contributed by atoms with Crippen molar-refractivity contribution in [1.29, 1.82) is 0 Å². The van der Waals surface area contributed by atoms with Crippen molar-refractivity contribution in [2.24, 2.45) is 4.99 Å². The number of amidine groups is 1. The fraction of sp³-hybridized carbons (Fsp3) is 0.0339. The molecule has 62 heavy (non-hydrogen) atoms. The molecule has 3 heteroatoms. The zero-order chi connectivity index (χ0) is 41.0. The van der Waals surface area contributed by atoms with Gasteiger partial charge in [-0.1, -0.05) is 206 Å². The molecule has 1 aliphatic carbocycles. The van der Waals surface area contributed by atoms with E-state index in [1.165, 1.54) is 38.9 Å². The lowest BCUT2D eigenvalue weighted by Gasteiger charge is -2.40. The summed E-state index contributed by atoms with van der Waals surface area (Å²) < 4.78 is 7.14. The molecule has 3 nitrogen and oxygen atoms in total. The van der Waals surface area contributed by atoms with E-state index in [4.69, 9.17) is 9.73 Å². The number of nitrogens with one attached hydrogen (secondary N) is 1. The summed E-state index contributed by atoms with van der Waals surface area (Å²) in [4.78, 5) is 5.50. The van der Waals surface area contributed by atoms with Gasteiger partial charge in [0.2, 0.25) is 0 Å². The Labute approximate surface area is 362 Å². The van der Waals surface area contributed by atoms with E-state index in [1.54, 1.807) is 0 Å². The van der Waals surface area contributed by atoms with Gasteiger partial charge in [0, 0.05) is 27.8 Å². The molecule has 3 aliphatic rings. The Kier molecular flexibility index (Phi) is 8.46. The van der Waals surface area contributed by atoms with Crippen molar-refractivity contribution < 1.29 is 4.74 Å². The van der Waals surface area contributed by atoms with Gasteiger partial charge in [-0.25, -0.2) is 4.99 Å². The summed E-state index contributed by atoms with van der Waals surface area (Å²) in [5, 5.41) is 3.92. The largest absolute Gasteiger partial charge is 0.456 e. The Morgan fingerprint density at radius 2 is 0.887 bits per heavy atom. The molecule has 1 spiro atoms. The van der Waals surface area contributed by atoms with Crippen LogP contribution in [0.25, 0.3) is 50.2 Å². The Balaban J connectivity index is 1.04. The van der Waals surface area contributed by atoms with Crippen LogP contribution >= 0.6 is 0 Å². The highest BCUT2D eigenvalue weighted by molar-refractivity contribution is 6.09. The molecule has 2 heterocycles. The highest BCUT2D eigenvalue weighted by atomic mass is 16.5. The summed E-state index contributed by atoms with van der Waals surface area (Å²) >= 11 is 0. The molecule has 1 atom stereocenters. The Morgan fingerprint density at radius 3 is 1.60 bits per heavy atom. The van der Waals surface area contributed by atoms with E-state index in [-0.39, 0.29) is 6.04 Å². The predicted molar refractivity (Wildman–Crippen MR) is 253 cm³/mol. The zero-order valence-electron chi connectivity index (χ0n) is 33.9. The minimum atomic E-state index is -0.558. The molecular weight excluding hydrogens is 753 g/mol. The third-order valence-corrected chi connectivity index (χ3v) is 12.8. The number of rotatable bonds is 6. The van der Waals surface area contributed by atoms with Gasteiger partial charge in [-0.2, -0.15) is 0 Å². The predicted octanol–water partition coefficient (Wildman–Crippen LogP) is 14.3. The summed E-state index contributed by atoms with van der Waals surface area (Å²) in [5.74, 6) is 2.53. The third-order valence-electron chi connectivity index (χ3n) is 12.8. The fourth-order valence-corrected chi connectivity index (χ4v) is 10.1.